The molecule has 2 rings (SSSR count). The van der Waals surface area contributed by atoms with Gasteiger partial charge in [0.05, 0.1) is 29.6 Å². The lowest BCUT2D eigenvalue weighted by molar-refractivity contribution is -0.0439. The van der Waals surface area contributed by atoms with Crippen molar-refractivity contribution in [1.29, 1.82) is 0 Å². The maximum absolute atomic E-state index is 12.4. The molecule has 8 heteroatoms. The van der Waals surface area contributed by atoms with E-state index in [1.807, 2.05) is 34.6 Å². The van der Waals surface area contributed by atoms with Crippen LogP contribution in [0.3, 0.4) is 0 Å². The van der Waals surface area contributed by atoms with Crippen molar-refractivity contribution >= 4 is 15.9 Å². The predicted octanol–water partition coefficient (Wildman–Crippen LogP) is 1.40. The van der Waals surface area contributed by atoms with Crippen LogP contribution in [0.1, 0.15) is 34.6 Å². The summed E-state index contributed by atoms with van der Waals surface area (Å²) in [5, 5.41) is 4.19. The average molecular weight is 316 g/mol. The second-order valence-corrected chi connectivity index (χ2v) is 8.20. The van der Waals surface area contributed by atoms with E-state index < -0.39 is 10.2 Å². The van der Waals surface area contributed by atoms with Crippen LogP contribution in [0.15, 0.2) is 12.4 Å². The summed E-state index contributed by atoms with van der Waals surface area (Å²) >= 11 is 0. The molecule has 1 aliphatic heterocycles. The van der Waals surface area contributed by atoms with E-state index in [0.717, 1.165) is 0 Å². The highest BCUT2D eigenvalue weighted by molar-refractivity contribution is 7.90. The fraction of sp³-hybridized carbons (Fsp3) is 0.769. The van der Waals surface area contributed by atoms with Gasteiger partial charge in [0.25, 0.3) is 0 Å². The van der Waals surface area contributed by atoms with Gasteiger partial charge in [-0.15, -0.1) is 0 Å². The molecular weight excluding hydrogens is 292 g/mol. The maximum Gasteiger partial charge on any atom is 0.301 e. The Hall–Kier alpha value is -1.12. The lowest BCUT2D eigenvalue weighted by Gasteiger charge is -2.34. The molecule has 0 radical (unpaired) electrons. The van der Waals surface area contributed by atoms with Gasteiger partial charge in [0.2, 0.25) is 0 Å². The number of hydrogen-bond donors (Lipinski definition) is 1. The Kier molecular flexibility index (Phi) is 4.32. The minimum absolute atomic E-state index is 0.109. The number of nitrogens with one attached hydrogen (secondary N) is 1. The van der Waals surface area contributed by atoms with E-state index in [4.69, 9.17) is 4.74 Å². The van der Waals surface area contributed by atoms with Crippen LogP contribution < -0.4 is 4.72 Å². The zero-order valence-electron chi connectivity index (χ0n) is 13.2. The highest BCUT2D eigenvalue weighted by Crippen LogP contribution is 2.19. The third-order valence-corrected chi connectivity index (χ3v) is 4.71. The molecule has 1 saturated heterocycles. The first kappa shape index (κ1) is 16.3. The van der Waals surface area contributed by atoms with Gasteiger partial charge < -0.3 is 4.74 Å². The molecule has 0 bridgehead atoms. The third-order valence-electron chi connectivity index (χ3n) is 3.24. The Labute approximate surface area is 126 Å². The quantitative estimate of drug-likeness (QED) is 0.914. The first-order chi connectivity index (χ1) is 9.58. The van der Waals surface area contributed by atoms with Gasteiger partial charge in [-0.3, -0.25) is 9.40 Å². The van der Waals surface area contributed by atoms with Gasteiger partial charge >= 0.3 is 10.2 Å². The summed E-state index contributed by atoms with van der Waals surface area (Å²) in [5.41, 5.74) is 0.280. The molecule has 1 aliphatic rings. The number of anilines is 1. The summed E-state index contributed by atoms with van der Waals surface area (Å²) in [7, 11) is -3.58. The molecule has 2 heterocycles. The Morgan fingerprint density at radius 2 is 1.86 bits per heavy atom. The molecule has 0 aliphatic carbocycles. The molecule has 120 valence electrons. The van der Waals surface area contributed by atoms with Crippen molar-refractivity contribution in [3.8, 4) is 0 Å². The van der Waals surface area contributed by atoms with Gasteiger partial charge in [-0.25, -0.2) is 0 Å². The SMILES string of the molecule is C[C@@H]1CN(S(=O)(=O)Nc2cnn(C(C)(C)C)c2)C[C@@H](C)O1. The highest BCUT2D eigenvalue weighted by atomic mass is 32.2. The molecule has 0 unspecified atom stereocenters. The van der Waals surface area contributed by atoms with E-state index in [-0.39, 0.29) is 17.7 Å². The van der Waals surface area contributed by atoms with Gasteiger partial charge in [-0.1, -0.05) is 0 Å². The lowest BCUT2D eigenvalue weighted by atomic mass is 10.1. The fourth-order valence-electron chi connectivity index (χ4n) is 2.28. The zero-order chi connectivity index (χ0) is 15.8. The van der Waals surface area contributed by atoms with Crippen LogP contribution in [0, 0.1) is 0 Å². The van der Waals surface area contributed by atoms with E-state index in [1.54, 1.807) is 10.9 Å². The second-order valence-electron chi connectivity index (χ2n) is 6.53. The minimum Gasteiger partial charge on any atom is -0.373 e. The second kappa shape index (κ2) is 5.58. The van der Waals surface area contributed by atoms with Gasteiger partial charge in [0.1, 0.15) is 0 Å². The number of aromatic nitrogens is 2. The van der Waals surface area contributed by atoms with E-state index in [1.165, 1.54) is 10.5 Å². The molecule has 2 atom stereocenters. The van der Waals surface area contributed by atoms with Crippen LogP contribution in [-0.4, -0.2) is 47.8 Å². The monoisotopic (exact) mass is 316 g/mol. The molecule has 7 nitrogen and oxygen atoms in total. The van der Waals surface area contributed by atoms with Crippen molar-refractivity contribution in [2.45, 2.75) is 52.4 Å². The van der Waals surface area contributed by atoms with Gasteiger partial charge in [0.15, 0.2) is 0 Å². The lowest BCUT2D eigenvalue weighted by Crippen LogP contribution is -2.49. The molecule has 0 aromatic carbocycles. The largest absolute Gasteiger partial charge is 0.373 e. The van der Waals surface area contributed by atoms with Crippen LogP contribution >= 0.6 is 0 Å². The predicted molar refractivity (Wildman–Crippen MR) is 81.3 cm³/mol. The van der Waals surface area contributed by atoms with Gasteiger partial charge in [0, 0.05) is 19.3 Å². The topological polar surface area (TPSA) is 76.5 Å². The van der Waals surface area contributed by atoms with E-state index >= 15 is 0 Å². The number of morpholine rings is 1. The Bertz CT molecular complexity index is 581. The number of rotatable bonds is 3. The van der Waals surface area contributed by atoms with Crippen LogP contribution in [0.4, 0.5) is 5.69 Å². The Morgan fingerprint density at radius 1 is 1.29 bits per heavy atom. The van der Waals surface area contributed by atoms with Crippen molar-refractivity contribution in [1.82, 2.24) is 14.1 Å². The summed E-state index contributed by atoms with van der Waals surface area (Å²) in [4.78, 5) is 0. The number of hydrogen-bond acceptors (Lipinski definition) is 4. The normalized spacial score (nSPS) is 25.0. The third kappa shape index (κ3) is 3.96. The van der Waals surface area contributed by atoms with Crippen molar-refractivity contribution in [2.24, 2.45) is 0 Å². The van der Waals surface area contributed by atoms with Crippen LogP contribution in [-0.2, 0) is 20.5 Å². The van der Waals surface area contributed by atoms with Crippen LogP contribution in [0.2, 0.25) is 0 Å². The van der Waals surface area contributed by atoms with Crippen molar-refractivity contribution < 1.29 is 13.2 Å². The summed E-state index contributed by atoms with van der Waals surface area (Å²) in [6.07, 6.45) is 3.01. The van der Waals surface area contributed by atoms with Crippen molar-refractivity contribution in [3.05, 3.63) is 12.4 Å². The number of ether oxygens (including phenoxy) is 1. The average Bonchev–Trinajstić information content (AvgIpc) is 2.75. The van der Waals surface area contributed by atoms with E-state index in [0.29, 0.717) is 18.8 Å². The van der Waals surface area contributed by atoms with Crippen molar-refractivity contribution in [2.75, 3.05) is 17.8 Å². The smallest absolute Gasteiger partial charge is 0.301 e. The molecule has 0 saturated carbocycles. The van der Waals surface area contributed by atoms with Gasteiger partial charge in [-0.05, 0) is 34.6 Å². The zero-order valence-corrected chi connectivity index (χ0v) is 14.0. The van der Waals surface area contributed by atoms with Gasteiger partial charge in [-0.2, -0.15) is 17.8 Å². The Balaban J connectivity index is 2.12. The minimum atomic E-state index is -3.58. The molecule has 1 aromatic heterocycles. The highest BCUT2D eigenvalue weighted by Gasteiger charge is 2.31. The van der Waals surface area contributed by atoms with Crippen LogP contribution in [0.25, 0.3) is 0 Å². The van der Waals surface area contributed by atoms with Crippen LogP contribution in [0.5, 0.6) is 0 Å². The molecule has 1 aromatic rings. The maximum atomic E-state index is 12.4. The molecule has 0 amide bonds. The fourth-order valence-corrected chi connectivity index (χ4v) is 3.63. The van der Waals surface area contributed by atoms with Crippen molar-refractivity contribution in [3.63, 3.8) is 0 Å². The first-order valence-corrected chi connectivity index (χ1v) is 8.50. The summed E-state index contributed by atoms with van der Waals surface area (Å²) in [5.74, 6) is 0. The Morgan fingerprint density at radius 3 is 2.33 bits per heavy atom. The summed E-state index contributed by atoms with van der Waals surface area (Å²) in [6, 6.07) is 0. The standard InChI is InChI=1S/C13H24N4O3S/c1-10-7-16(8-11(2)20-10)21(18,19)15-12-6-14-17(9-12)13(3,4)5/h6,9-11,15H,7-8H2,1-5H3/t10-,11-/m1/s1. The molecule has 0 spiro atoms. The molecule has 1 N–H and O–H groups in total. The number of nitrogens with zero attached hydrogens (tertiary/aromatic N) is 3. The molecule has 21 heavy (non-hydrogen) atoms. The van der Waals surface area contributed by atoms with E-state index in [9.17, 15) is 8.42 Å². The molecular formula is C13H24N4O3S. The molecule has 1 fully saturated rings. The van der Waals surface area contributed by atoms with E-state index in [2.05, 4.69) is 9.82 Å². The first-order valence-electron chi connectivity index (χ1n) is 7.06. The summed E-state index contributed by atoms with van der Waals surface area (Å²) in [6.45, 7) is 10.5. The summed E-state index contributed by atoms with van der Waals surface area (Å²) < 4.78 is 36.1.